The third kappa shape index (κ3) is 2.04. The van der Waals surface area contributed by atoms with Crippen molar-refractivity contribution in [3.8, 4) is 11.5 Å². The average Bonchev–Trinajstić information content (AvgIpc) is 2.18. The molecule has 1 unspecified atom stereocenters. The van der Waals surface area contributed by atoms with E-state index >= 15 is 0 Å². The number of hydrogen-bond acceptors (Lipinski definition) is 2. The molecule has 0 amide bonds. The number of benzene rings is 1. The van der Waals surface area contributed by atoms with Crippen LogP contribution in [0.15, 0.2) is 12.1 Å². The van der Waals surface area contributed by atoms with Gasteiger partial charge in [0, 0.05) is 0 Å². The van der Waals surface area contributed by atoms with Crippen LogP contribution in [0.4, 0.5) is 0 Å². The third-order valence-electron chi connectivity index (χ3n) is 4.13. The molecule has 0 spiro atoms. The van der Waals surface area contributed by atoms with Crippen LogP contribution in [0, 0.1) is 6.92 Å². The quantitative estimate of drug-likeness (QED) is 0.653. The predicted octanol–water partition coefficient (Wildman–Crippen LogP) is 0.159. The number of hydrogen-bond donors (Lipinski definition) is 0. The Morgan fingerprint density at radius 2 is 1.61 bits per heavy atom. The van der Waals surface area contributed by atoms with Gasteiger partial charge in [-0.3, -0.25) is 0 Å². The summed E-state index contributed by atoms with van der Waals surface area (Å²) >= 11 is 0. The summed E-state index contributed by atoms with van der Waals surface area (Å²) in [7, 11) is 6.22. The van der Waals surface area contributed by atoms with Crippen molar-refractivity contribution >= 4 is 23.5 Å². The van der Waals surface area contributed by atoms with Gasteiger partial charge < -0.3 is 9.47 Å². The van der Waals surface area contributed by atoms with E-state index in [0.717, 1.165) is 11.5 Å². The van der Waals surface area contributed by atoms with E-state index in [2.05, 4.69) is 63.4 Å². The van der Waals surface area contributed by atoms with Crippen LogP contribution in [0.5, 0.6) is 11.5 Å². The van der Waals surface area contributed by atoms with Gasteiger partial charge in [-0.05, 0) is 43.0 Å². The van der Waals surface area contributed by atoms with Gasteiger partial charge in [0.15, 0.2) is 35.0 Å². The Balaban J connectivity index is 2.51. The SMILES string of the molecule is BC1(B)Oc2cc(C(C)C)c(C)cc2OC1(B)C. The molecule has 0 aromatic heterocycles. The highest BCUT2D eigenvalue weighted by Crippen LogP contribution is 2.42. The van der Waals surface area contributed by atoms with E-state index in [1.165, 1.54) is 11.1 Å². The van der Waals surface area contributed by atoms with E-state index in [1.807, 2.05) is 0 Å². The zero-order chi connectivity index (χ0) is 13.7. The van der Waals surface area contributed by atoms with E-state index in [9.17, 15) is 0 Å². The lowest BCUT2D eigenvalue weighted by molar-refractivity contribution is 0.0206. The molecule has 0 saturated carbocycles. The topological polar surface area (TPSA) is 18.5 Å². The van der Waals surface area contributed by atoms with Crippen molar-refractivity contribution < 1.29 is 9.47 Å². The Hall–Kier alpha value is -0.985. The first-order chi connectivity index (χ1) is 8.14. The zero-order valence-electron chi connectivity index (χ0n) is 12.5. The summed E-state index contributed by atoms with van der Waals surface area (Å²) in [6.07, 6.45) is 0. The zero-order valence-corrected chi connectivity index (χ0v) is 12.5. The Morgan fingerprint density at radius 3 is 2.17 bits per heavy atom. The Kier molecular flexibility index (Phi) is 2.99. The highest BCUT2D eigenvalue weighted by Gasteiger charge is 2.44. The molecule has 1 atom stereocenters. The highest BCUT2D eigenvalue weighted by molar-refractivity contribution is 6.44. The van der Waals surface area contributed by atoms with Gasteiger partial charge in [-0.15, -0.1) is 0 Å². The van der Waals surface area contributed by atoms with Crippen LogP contribution < -0.4 is 9.47 Å². The molecule has 1 heterocycles. The van der Waals surface area contributed by atoms with Crippen LogP contribution >= 0.6 is 0 Å². The van der Waals surface area contributed by atoms with Gasteiger partial charge in [-0.2, -0.15) is 0 Å². The van der Waals surface area contributed by atoms with Crippen molar-refractivity contribution in [2.45, 2.75) is 44.5 Å². The van der Waals surface area contributed by atoms with Crippen molar-refractivity contribution in [1.29, 1.82) is 0 Å². The molecule has 18 heavy (non-hydrogen) atoms. The maximum Gasteiger partial charge on any atom is 0.161 e. The molecule has 94 valence electrons. The van der Waals surface area contributed by atoms with E-state index < -0.39 is 0 Å². The summed E-state index contributed by atoms with van der Waals surface area (Å²) in [6.45, 7) is 8.61. The molecular formula is C13H21B3O2. The summed E-state index contributed by atoms with van der Waals surface area (Å²) in [6, 6.07) is 4.23. The summed E-state index contributed by atoms with van der Waals surface area (Å²) in [5, 5.41) is -0.330. The standard InChI is InChI=1S/C13H21B3O2/c1-7(2)9-6-11-10(5-8(9)3)17-12(4,14)13(15,16)18-11/h5-7H,14-16H2,1-4H3. The smallest absolute Gasteiger partial charge is 0.161 e. The molecule has 2 rings (SSSR count). The summed E-state index contributed by atoms with van der Waals surface area (Å²) in [5.74, 6) is 2.23. The first-order valence-corrected chi connectivity index (χ1v) is 6.66. The van der Waals surface area contributed by atoms with Gasteiger partial charge >= 0.3 is 0 Å². The maximum atomic E-state index is 6.16. The van der Waals surface area contributed by atoms with E-state index in [0.29, 0.717) is 5.92 Å². The molecular weight excluding hydrogens is 221 g/mol. The maximum absolute atomic E-state index is 6.16. The lowest BCUT2D eigenvalue weighted by Crippen LogP contribution is -2.63. The van der Waals surface area contributed by atoms with Crippen LogP contribution in [0.1, 0.15) is 37.8 Å². The van der Waals surface area contributed by atoms with Crippen molar-refractivity contribution in [2.24, 2.45) is 0 Å². The fourth-order valence-electron chi connectivity index (χ4n) is 2.25. The molecule has 1 aliphatic heterocycles. The van der Waals surface area contributed by atoms with Crippen LogP contribution in [0.3, 0.4) is 0 Å². The van der Waals surface area contributed by atoms with Gasteiger partial charge in [0.2, 0.25) is 0 Å². The minimum Gasteiger partial charge on any atom is -0.498 e. The molecule has 0 radical (unpaired) electrons. The van der Waals surface area contributed by atoms with Crippen LogP contribution in [-0.4, -0.2) is 34.4 Å². The number of rotatable bonds is 1. The molecule has 5 heteroatoms. The summed E-state index contributed by atoms with van der Waals surface area (Å²) in [5.41, 5.74) is 2.27. The van der Waals surface area contributed by atoms with Gasteiger partial charge in [0.1, 0.15) is 0 Å². The summed E-state index contributed by atoms with van der Waals surface area (Å²) < 4.78 is 12.3. The van der Waals surface area contributed by atoms with Gasteiger partial charge in [-0.25, -0.2) is 0 Å². The fourth-order valence-corrected chi connectivity index (χ4v) is 2.25. The van der Waals surface area contributed by atoms with E-state index in [4.69, 9.17) is 9.47 Å². The van der Waals surface area contributed by atoms with Crippen molar-refractivity contribution in [3.05, 3.63) is 23.3 Å². The molecule has 0 N–H and O–H groups in total. The largest absolute Gasteiger partial charge is 0.498 e. The normalized spacial score (nSPS) is 25.2. The van der Waals surface area contributed by atoms with Crippen LogP contribution in [0.2, 0.25) is 0 Å². The molecule has 0 fully saturated rings. The molecule has 1 aliphatic rings. The second-order valence-corrected chi connectivity index (χ2v) is 6.53. The molecule has 2 nitrogen and oxygen atoms in total. The first kappa shape index (κ1) is 13.4. The second kappa shape index (κ2) is 4.01. The van der Waals surface area contributed by atoms with Gasteiger partial charge in [0.25, 0.3) is 0 Å². The lowest BCUT2D eigenvalue weighted by atomic mass is 9.49. The summed E-state index contributed by atoms with van der Waals surface area (Å²) in [4.78, 5) is 0. The molecule has 1 aromatic rings. The molecule has 0 bridgehead atoms. The number of fused-ring (bicyclic) bond motifs is 1. The first-order valence-electron chi connectivity index (χ1n) is 6.66. The van der Waals surface area contributed by atoms with E-state index in [-0.39, 0.29) is 10.9 Å². The van der Waals surface area contributed by atoms with Crippen LogP contribution in [-0.2, 0) is 0 Å². The third-order valence-corrected chi connectivity index (χ3v) is 4.13. The monoisotopic (exact) mass is 242 g/mol. The van der Waals surface area contributed by atoms with Gasteiger partial charge in [0.05, 0.1) is 10.9 Å². The molecule has 0 aliphatic carbocycles. The number of ether oxygens (including phenoxy) is 2. The Morgan fingerprint density at radius 1 is 1.06 bits per heavy atom. The van der Waals surface area contributed by atoms with Gasteiger partial charge in [-0.1, -0.05) is 13.8 Å². The molecule has 0 saturated heterocycles. The van der Waals surface area contributed by atoms with Crippen molar-refractivity contribution in [2.75, 3.05) is 0 Å². The Bertz CT molecular complexity index is 481. The average molecular weight is 242 g/mol. The minimum absolute atomic E-state index is 0.328. The minimum atomic E-state index is -0.330. The van der Waals surface area contributed by atoms with Crippen molar-refractivity contribution in [1.82, 2.24) is 0 Å². The Labute approximate surface area is 113 Å². The highest BCUT2D eigenvalue weighted by atomic mass is 16.6. The predicted molar refractivity (Wildman–Crippen MR) is 83.3 cm³/mol. The molecule has 1 aromatic carbocycles. The second-order valence-electron chi connectivity index (χ2n) is 6.53. The lowest BCUT2D eigenvalue weighted by Gasteiger charge is -2.47. The van der Waals surface area contributed by atoms with E-state index in [1.54, 1.807) is 0 Å². The number of aryl methyl sites for hydroxylation is 1. The fraction of sp³-hybridized carbons (Fsp3) is 0.538. The van der Waals surface area contributed by atoms with Crippen molar-refractivity contribution in [3.63, 3.8) is 0 Å². The van der Waals surface area contributed by atoms with Crippen LogP contribution in [0.25, 0.3) is 0 Å².